The number of nitrogens with zero attached hydrogens (tertiary/aromatic N) is 1. The highest BCUT2D eigenvalue weighted by Gasteiger charge is 2.21. The summed E-state index contributed by atoms with van der Waals surface area (Å²) in [6, 6.07) is 11.8. The minimum atomic E-state index is -0.360. The van der Waals surface area contributed by atoms with E-state index in [1.807, 2.05) is 0 Å². The van der Waals surface area contributed by atoms with Gasteiger partial charge in [0.1, 0.15) is 16.7 Å². The molecule has 0 saturated heterocycles. The smallest absolute Gasteiger partial charge is 0.302 e. The normalized spacial score (nSPS) is 11.2. The van der Waals surface area contributed by atoms with Crippen LogP contribution in [0.2, 0.25) is 0 Å². The third-order valence-corrected chi connectivity index (χ3v) is 3.81. The van der Waals surface area contributed by atoms with Crippen molar-refractivity contribution in [2.75, 3.05) is 7.05 Å². The van der Waals surface area contributed by atoms with Crippen molar-refractivity contribution < 1.29 is 18.0 Å². The molecule has 120 valence electrons. The molecular formula is C18H13NO5. The molecule has 0 bridgehead atoms. The zero-order chi connectivity index (χ0) is 16.7. The van der Waals surface area contributed by atoms with E-state index < -0.39 is 0 Å². The maximum atomic E-state index is 12.5. The van der Waals surface area contributed by atoms with Crippen molar-refractivity contribution in [3.05, 3.63) is 70.5 Å². The lowest BCUT2D eigenvalue weighted by molar-refractivity contribution is 0.0744. The molecule has 0 radical (unpaired) electrons. The molecule has 6 nitrogen and oxygen atoms in total. The lowest BCUT2D eigenvalue weighted by Crippen LogP contribution is -2.25. The quantitative estimate of drug-likeness (QED) is 0.577. The predicted molar refractivity (Wildman–Crippen MR) is 86.8 cm³/mol. The second-order valence-corrected chi connectivity index (χ2v) is 5.48. The number of benzene rings is 1. The van der Waals surface area contributed by atoms with E-state index in [1.165, 1.54) is 11.0 Å². The Morgan fingerprint density at radius 1 is 1.08 bits per heavy atom. The molecule has 1 amide bonds. The van der Waals surface area contributed by atoms with E-state index in [2.05, 4.69) is 0 Å². The third-order valence-electron chi connectivity index (χ3n) is 3.81. The second kappa shape index (κ2) is 5.42. The predicted octanol–water partition coefficient (Wildman–Crippen LogP) is 3.40. The van der Waals surface area contributed by atoms with Crippen molar-refractivity contribution in [2.24, 2.45) is 0 Å². The van der Waals surface area contributed by atoms with Gasteiger partial charge < -0.3 is 18.2 Å². The Labute approximate surface area is 135 Å². The van der Waals surface area contributed by atoms with E-state index in [-0.39, 0.29) is 28.3 Å². The number of amides is 1. The van der Waals surface area contributed by atoms with Gasteiger partial charge >= 0.3 is 5.78 Å². The first kappa shape index (κ1) is 14.3. The Bertz CT molecular complexity index is 1090. The molecule has 0 N–H and O–H groups in total. The van der Waals surface area contributed by atoms with Crippen LogP contribution in [-0.2, 0) is 6.54 Å². The van der Waals surface area contributed by atoms with Crippen molar-refractivity contribution in [3.8, 4) is 0 Å². The Morgan fingerprint density at radius 3 is 2.71 bits per heavy atom. The van der Waals surface area contributed by atoms with Gasteiger partial charge in [-0.05, 0) is 24.3 Å². The van der Waals surface area contributed by atoms with E-state index in [0.29, 0.717) is 23.3 Å². The highest BCUT2D eigenvalue weighted by Crippen LogP contribution is 2.22. The van der Waals surface area contributed by atoms with E-state index >= 15 is 0 Å². The Morgan fingerprint density at radius 2 is 1.92 bits per heavy atom. The molecule has 0 unspecified atom stereocenters. The van der Waals surface area contributed by atoms with Gasteiger partial charge in [0.2, 0.25) is 5.43 Å². The van der Waals surface area contributed by atoms with Gasteiger partial charge in [0.15, 0.2) is 5.76 Å². The first-order chi connectivity index (χ1) is 11.6. The molecular weight excluding hydrogens is 310 g/mol. The number of hydrogen-bond acceptors (Lipinski definition) is 5. The number of carbonyl (C=O) groups excluding carboxylic acids is 1. The number of para-hydroxylation sites is 1. The molecule has 0 aliphatic heterocycles. The fourth-order valence-electron chi connectivity index (χ4n) is 2.60. The molecule has 4 aromatic rings. The topological polar surface area (TPSA) is 76.8 Å². The Kier molecular flexibility index (Phi) is 3.23. The molecule has 0 atom stereocenters. The maximum absolute atomic E-state index is 12.5. The van der Waals surface area contributed by atoms with Gasteiger partial charge in [-0.3, -0.25) is 9.59 Å². The number of rotatable bonds is 3. The van der Waals surface area contributed by atoms with Crippen LogP contribution in [-0.4, -0.2) is 17.9 Å². The number of fused-ring (bicyclic) bond motifs is 2. The third kappa shape index (κ3) is 2.28. The molecule has 0 spiro atoms. The fourth-order valence-corrected chi connectivity index (χ4v) is 2.60. The molecule has 3 aromatic heterocycles. The molecule has 6 heteroatoms. The van der Waals surface area contributed by atoms with E-state index in [0.717, 1.165) is 0 Å². The summed E-state index contributed by atoms with van der Waals surface area (Å²) in [5.74, 6) is 0.395. The van der Waals surface area contributed by atoms with Crippen LogP contribution in [0.5, 0.6) is 0 Å². The van der Waals surface area contributed by atoms with Gasteiger partial charge in [-0.1, -0.05) is 12.1 Å². The summed E-state index contributed by atoms with van der Waals surface area (Å²) in [4.78, 5) is 26.4. The minimum Gasteiger partial charge on any atom is -0.467 e. The lowest BCUT2D eigenvalue weighted by atomic mass is 10.2. The SMILES string of the molecule is CN(Cc1ccco1)C(=O)c1cc2c(=O)c3ccccc3oc2o1. The number of furan rings is 2. The molecule has 24 heavy (non-hydrogen) atoms. The van der Waals surface area contributed by atoms with Crippen LogP contribution in [0.15, 0.2) is 66.8 Å². The molecule has 0 saturated carbocycles. The summed E-state index contributed by atoms with van der Waals surface area (Å²) in [6.07, 6.45) is 1.54. The summed E-state index contributed by atoms with van der Waals surface area (Å²) in [6.45, 7) is 0.298. The molecule has 0 fully saturated rings. The van der Waals surface area contributed by atoms with Crippen molar-refractivity contribution in [1.82, 2.24) is 4.90 Å². The largest absolute Gasteiger partial charge is 0.467 e. The van der Waals surface area contributed by atoms with Gasteiger partial charge in [-0.15, -0.1) is 0 Å². The number of carbonyl (C=O) groups is 1. The van der Waals surface area contributed by atoms with Crippen LogP contribution >= 0.6 is 0 Å². The van der Waals surface area contributed by atoms with Crippen LogP contribution < -0.4 is 5.43 Å². The average molecular weight is 323 g/mol. The highest BCUT2D eigenvalue weighted by molar-refractivity contribution is 5.97. The first-order valence-corrected chi connectivity index (χ1v) is 7.37. The zero-order valence-electron chi connectivity index (χ0n) is 12.8. The zero-order valence-corrected chi connectivity index (χ0v) is 12.8. The Hall–Kier alpha value is -3.28. The van der Waals surface area contributed by atoms with E-state index in [9.17, 15) is 9.59 Å². The van der Waals surface area contributed by atoms with Gasteiger partial charge in [0, 0.05) is 13.1 Å². The van der Waals surface area contributed by atoms with Gasteiger partial charge in [0.25, 0.3) is 5.91 Å². The van der Waals surface area contributed by atoms with Crippen molar-refractivity contribution in [1.29, 1.82) is 0 Å². The summed E-state index contributed by atoms with van der Waals surface area (Å²) in [5.41, 5.74) is 0.204. The van der Waals surface area contributed by atoms with Gasteiger partial charge in [-0.2, -0.15) is 0 Å². The molecule has 1 aromatic carbocycles. The number of hydrogen-bond donors (Lipinski definition) is 0. The maximum Gasteiger partial charge on any atom is 0.302 e. The highest BCUT2D eigenvalue weighted by atomic mass is 16.5. The molecule has 3 heterocycles. The molecule has 4 rings (SSSR count). The van der Waals surface area contributed by atoms with Crippen LogP contribution in [0.25, 0.3) is 22.1 Å². The molecule has 0 aliphatic rings. The van der Waals surface area contributed by atoms with Crippen LogP contribution in [0.1, 0.15) is 16.3 Å². The first-order valence-electron chi connectivity index (χ1n) is 7.37. The monoisotopic (exact) mass is 323 g/mol. The molecule has 0 aliphatic carbocycles. The second-order valence-electron chi connectivity index (χ2n) is 5.48. The van der Waals surface area contributed by atoms with Gasteiger partial charge in [-0.25, -0.2) is 0 Å². The van der Waals surface area contributed by atoms with E-state index in [4.69, 9.17) is 13.3 Å². The summed E-state index contributed by atoms with van der Waals surface area (Å²) in [7, 11) is 1.63. The summed E-state index contributed by atoms with van der Waals surface area (Å²) >= 11 is 0. The van der Waals surface area contributed by atoms with Crippen molar-refractivity contribution in [3.63, 3.8) is 0 Å². The lowest BCUT2D eigenvalue weighted by Gasteiger charge is -2.13. The van der Waals surface area contributed by atoms with Crippen LogP contribution in [0.3, 0.4) is 0 Å². The van der Waals surface area contributed by atoms with Crippen molar-refractivity contribution in [2.45, 2.75) is 6.54 Å². The van der Waals surface area contributed by atoms with Crippen LogP contribution in [0, 0.1) is 0 Å². The fraction of sp³-hybridized carbons (Fsp3) is 0.111. The Balaban J connectivity index is 1.74. The standard InChI is InChI=1S/C18H13NO5/c1-19(10-11-5-4-8-22-11)17(21)15-9-13-16(20)12-6-2-3-7-14(12)23-18(13)24-15/h2-9H,10H2,1H3. The average Bonchev–Trinajstić information content (AvgIpc) is 3.24. The van der Waals surface area contributed by atoms with E-state index in [1.54, 1.807) is 49.7 Å². The van der Waals surface area contributed by atoms with Gasteiger partial charge in [0.05, 0.1) is 18.2 Å². The summed E-state index contributed by atoms with van der Waals surface area (Å²) < 4.78 is 16.3. The minimum absolute atomic E-state index is 0.0495. The summed E-state index contributed by atoms with van der Waals surface area (Å²) in [5, 5.41) is 0.706. The van der Waals surface area contributed by atoms with Crippen molar-refractivity contribution >= 4 is 28.0 Å². The van der Waals surface area contributed by atoms with Crippen LogP contribution in [0.4, 0.5) is 0 Å².